The first-order chi connectivity index (χ1) is 8.06. The summed E-state index contributed by atoms with van der Waals surface area (Å²) in [4.78, 5) is 16.0. The van der Waals surface area contributed by atoms with Gasteiger partial charge in [0, 0.05) is 23.9 Å². The zero-order valence-electron chi connectivity index (χ0n) is 9.44. The number of nitrogens with one attached hydrogen (secondary N) is 1. The molecule has 0 bridgehead atoms. The molecule has 5 nitrogen and oxygen atoms in total. The lowest BCUT2D eigenvalue weighted by Gasteiger charge is -2.06. The van der Waals surface area contributed by atoms with Gasteiger partial charge in [-0.05, 0) is 34.5 Å². The van der Waals surface area contributed by atoms with E-state index in [0.717, 1.165) is 10.0 Å². The van der Waals surface area contributed by atoms with Gasteiger partial charge in [0.05, 0.1) is 11.8 Å². The number of pyridine rings is 1. The summed E-state index contributed by atoms with van der Waals surface area (Å²) >= 11 is 3.32. The maximum Gasteiger partial charge on any atom is 0.260 e. The molecule has 0 fully saturated rings. The van der Waals surface area contributed by atoms with Crippen molar-refractivity contribution in [3.63, 3.8) is 0 Å². The van der Waals surface area contributed by atoms with Crippen molar-refractivity contribution in [3.8, 4) is 0 Å². The smallest absolute Gasteiger partial charge is 0.260 e. The molecule has 2 heterocycles. The van der Waals surface area contributed by atoms with E-state index in [0.29, 0.717) is 11.4 Å². The van der Waals surface area contributed by atoms with Crippen LogP contribution in [-0.4, -0.2) is 20.7 Å². The van der Waals surface area contributed by atoms with E-state index in [1.165, 1.54) is 6.20 Å². The molecule has 0 saturated carbocycles. The Bertz CT molecular complexity index is 564. The number of hydrogen-bond donors (Lipinski definition) is 1. The molecule has 0 atom stereocenters. The summed E-state index contributed by atoms with van der Waals surface area (Å²) in [6, 6.07) is 1.89. The van der Waals surface area contributed by atoms with Crippen LogP contribution in [0.15, 0.2) is 29.1 Å². The largest absolute Gasteiger partial charge is 0.306 e. The molecule has 88 valence electrons. The van der Waals surface area contributed by atoms with Crippen LogP contribution < -0.4 is 5.32 Å². The van der Waals surface area contributed by atoms with Gasteiger partial charge in [0.1, 0.15) is 5.82 Å². The van der Waals surface area contributed by atoms with Crippen LogP contribution in [0.3, 0.4) is 0 Å². The van der Waals surface area contributed by atoms with Gasteiger partial charge in [-0.2, -0.15) is 5.10 Å². The Kier molecular flexibility index (Phi) is 3.23. The first-order valence-corrected chi connectivity index (χ1v) is 5.77. The number of carbonyl (C=O) groups excluding carboxylic acids is 1. The number of rotatable bonds is 2. The minimum Gasteiger partial charge on any atom is -0.306 e. The number of aromatic nitrogens is 3. The Balaban J connectivity index is 2.18. The Morgan fingerprint density at radius 3 is 2.82 bits per heavy atom. The van der Waals surface area contributed by atoms with Gasteiger partial charge < -0.3 is 5.32 Å². The number of anilines is 1. The average Bonchev–Trinajstić information content (AvgIpc) is 2.69. The first-order valence-electron chi connectivity index (χ1n) is 4.98. The topological polar surface area (TPSA) is 59.8 Å². The van der Waals surface area contributed by atoms with Crippen LogP contribution in [0.5, 0.6) is 0 Å². The lowest BCUT2D eigenvalue weighted by atomic mass is 10.2. The molecule has 1 N–H and O–H groups in total. The van der Waals surface area contributed by atoms with Crippen molar-refractivity contribution in [1.82, 2.24) is 14.8 Å². The van der Waals surface area contributed by atoms with E-state index in [2.05, 4.69) is 31.3 Å². The lowest BCUT2D eigenvalue weighted by Crippen LogP contribution is -2.13. The fourth-order valence-electron chi connectivity index (χ4n) is 1.39. The number of hydrogen-bond acceptors (Lipinski definition) is 3. The molecule has 2 aromatic heterocycles. The molecule has 2 rings (SSSR count). The Labute approximate surface area is 107 Å². The predicted octanol–water partition coefficient (Wildman–Crippen LogP) is 2.14. The highest BCUT2D eigenvalue weighted by atomic mass is 79.9. The van der Waals surface area contributed by atoms with Crippen LogP contribution in [0.25, 0.3) is 0 Å². The van der Waals surface area contributed by atoms with Crippen molar-refractivity contribution in [2.45, 2.75) is 6.92 Å². The van der Waals surface area contributed by atoms with Gasteiger partial charge in [-0.15, -0.1) is 0 Å². The molecule has 0 aliphatic carbocycles. The van der Waals surface area contributed by atoms with Gasteiger partial charge >= 0.3 is 0 Å². The van der Waals surface area contributed by atoms with Gasteiger partial charge in [0.25, 0.3) is 5.91 Å². The molecule has 0 radical (unpaired) electrons. The quantitative estimate of drug-likeness (QED) is 0.923. The van der Waals surface area contributed by atoms with Gasteiger partial charge in [-0.25, -0.2) is 4.98 Å². The van der Waals surface area contributed by atoms with Crippen LogP contribution in [0.2, 0.25) is 0 Å². The highest BCUT2D eigenvalue weighted by Gasteiger charge is 2.10. The van der Waals surface area contributed by atoms with Gasteiger partial charge in [0.2, 0.25) is 0 Å². The summed E-state index contributed by atoms with van der Waals surface area (Å²) in [5.41, 5.74) is 1.41. The number of halogens is 1. The molecule has 0 spiro atoms. The van der Waals surface area contributed by atoms with Crippen molar-refractivity contribution in [2.75, 3.05) is 5.32 Å². The summed E-state index contributed by atoms with van der Waals surface area (Å²) in [7, 11) is 1.76. The molecule has 0 aliphatic heterocycles. The number of amides is 1. The minimum absolute atomic E-state index is 0.212. The fourth-order valence-corrected chi connectivity index (χ4v) is 1.84. The molecule has 2 aromatic rings. The molecular weight excluding hydrogens is 284 g/mol. The maximum absolute atomic E-state index is 11.8. The first kappa shape index (κ1) is 11.8. The highest BCUT2D eigenvalue weighted by molar-refractivity contribution is 9.10. The fraction of sp³-hybridized carbons (Fsp3) is 0.182. The van der Waals surface area contributed by atoms with Gasteiger partial charge in [-0.1, -0.05) is 0 Å². The van der Waals surface area contributed by atoms with Crippen LogP contribution >= 0.6 is 15.9 Å². The summed E-state index contributed by atoms with van der Waals surface area (Å²) < 4.78 is 2.46. The molecular formula is C11H11BrN4O. The molecule has 0 aromatic carbocycles. The highest BCUT2D eigenvalue weighted by Crippen LogP contribution is 2.17. The summed E-state index contributed by atoms with van der Waals surface area (Å²) in [6.07, 6.45) is 4.82. The third-order valence-electron chi connectivity index (χ3n) is 2.24. The third-order valence-corrected chi connectivity index (χ3v) is 2.68. The summed E-state index contributed by atoms with van der Waals surface area (Å²) in [5.74, 6) is 0.345. The Morgan fingerprint density at radius 2 is 2.24 bits per heavy atom. The van der Waals surface area contributed by atoms with Gasteiger partial charge in [-0.3, -0.25) is 9.48 Å². The number of carbonyl (C=O) groups is 1. The molecule has 0 unspecified atom stereocenters. The normalized spacial score (nSPS) is 10.3. The van der Waals surface area contributed by atoms with E-state index < -0.39 is 0 Å². The van der Waals surface area contributed by atoms with Crippen LogP contribution in [0.4, 0.5) is 5.82 Å². The van der Waals surface area contributed by atoms with E-state index >= 15 is 0 Å². The van der Waals surface area contributed by atoms with Crippen molar-refractivity contribution in [1.29, 1.82) is 0 Å². The van der Waals surface area contributed by atoms with E-state index in [1.54, 1.807) is 24.1 Å². The molecule has 1 amide bonds. The van der Waals surface area contributed by atoms with E-state index in [-0.39, 0.29) is 5.91 Å². The van der Waals surface area contributed by atoms with Gasteiger partial charge in [0.15, 0.2) is 0 Å². The maximum atomic E-state index is 11.8. The number of nitrogens with zero attached hydrogens (tertiary/aromatic N) is 3. The summed E-state index contributed by atoms with van der Waals surface area (Å²) in [5, 5.41) is 6.69. The van der Waals surface area contributed by atoms with E-state index in [9.17, 15) is 4.79 Å². The summed E-state index contributed by atoms with van der Waals surface area (Å²) in [6.45, 7) is 1.89. The standard InChI is InChI=1S/C11H11BrN4O/c1-7-3-9(12)5-13-10(7)15-11(17)8-4-14-16(2)6-8/h3-6H,1-2H3,(H,13,15,17). The molecule has 0 saturated heterocycles. The SMILES string of the molecule is Cc1cc(Br)cnc1NC(=O)c1cnn(C)c1. The van der Waals surface area contributed by atoms with Crippen molar-refractivity contribution in [2.24, 2.45) is 7.05 Å². The zero-order chi connectivity index (χ0) is 12.4. The molecule has 6 heteroatoms. The monoisotopic (exact) mass is 294 g/mol. The Hall–Kier alpha value is -1.69. The van der Waals surface area contributed by atoms with Crippen molar-refractivity contribution < 1.29 is 4.79 Å². The second kappa shape index (κ2) is 4.67. The molecule has 17 heavy (non-hydrogen) atoms. The van der Waals surface area contributed by atoms with E-state index in [1.807, 2.05) is 13.0 Å². The second-order valence-electron chi connectivity index (χ2n) is 3.68. The lowest BCUT2D eigenvalue weighted by molar-refractivity contribution is 0.102. The van der Waals surface area contributed by atoms with Crippen molar-refractivity contribution >= 4 is 27.7 Å². The van der Waals surface area contributed by atoms with Crippen LogP contribution in [0.1, 0.15) is 15.9 Å². The van der Waals surface area contributed by atoms with Crippen LogP contribution in [-0.2, 0) is 7.05 Å². The van der Waals surface area contributed by atoms with Crippen molar-refractivity contribution in [3.05, 3.63) is 40.3 Å². The number of aryl methyl sites for hydroxylation is 2. The zero-order valence-corrected chi connectivity index (χ0v) is 11.0. The predicted molar refractivity (Wildman–Crippen MR) is 67.8 cm³/mol. The third kappa shape index (κ3) is 2.71. The second-order valence-corrected chi connectivity index (χ2v) is 4.59. The minimum atomic E-state index is -0.212. The Morgan fingerprint density at radius 1 is 1.47 bits per heavy atom. The van der Waals surface area contributed by atoms with E-state index in [4.69, 9.17) is 0 Å². The van der Waals surface area contributed by atoms with Crippen LogP contribution in [0, 0.1) is 6.92 Å². The average molecular weight is 295 g/mol. The molecule has 0 aliphatic rings.